The van der Waals surface area contributed by atoms with Gasteiger partial charge in [-0.15, -0.1) is 0 Å². The first-order valence-electron chi connectivity index (χ1n) is 7.36. The van der Waals surface area contributed by atoms with E-state index in [0.29, 0.717) is 0 Å². The number of rotatable bonds is 5. The Morgan fingerprint density at radius 3 is 2.50 bits per heavy atom. The predicted octanol–water partition coefficient (Wildman–Crippen LogP) is 4.43. The number of hydrogen-bond donors (Lipinski definition) is 0. The van der Waals surface area contributed by atoms with Crippen molar-refractivity contribution in [1.82, 2.24) is 9.55 Å². The second-order valence-electron chi connectivity index (χ2n) is 5.19. The molecule has 0 amide bonds. The molecular formula is C18H20N2. The molecular weight excluding hydrogens is 244 g/mol. The summed E-state index contributed by atoms with van der Waals surface area (Å²) < 4.78 is 2.36. The van der Waals surface area contributed by atoms with Crippen molar-refractivity contribution < 1.29 is 0 Å². The van der Waals surface area contributed by atoms with E-state index in [1.54, 1.807) is 0 Å². The van der Waals surface area contributed by atoms with E-state index < -0.39 is 0 Å². The number of unbranched alkanes of at least 4 members (excludes halogenated alkanes) is 1. The largest absolute Gasteiger partial charge is 0.323 e. The van der Waals surface area contributed by atoms with Gasteiger partial charge in [-0.25, -0.2) is 4.98 Å². The molecule has 3 rings (SSSR count). The molecule has 20 heavy (non-hydrogen) atoms. The number of para-hydroxylation sites is 2. The van der Waals surface area contributed by atoms with Crippen LogP contribution in [-0.4, -0.2) is 9.55 Å². The lowest BCUT2D eigenvalue weighted by molar-refractivity contribution is 0.690. The average Bonchev–Trinajstić information content (AvgIpc) is 2.84. The van der Waals surface area contributed by atoms with Crippen molar-refractivity contribution in [2.24, 2.45) is 0 Å². The molecule has 0 aliphatic heterocycles. The molecule has 0 bridgehead atoms. The van der Waals surface area contributed by atoms with Gasteiger partial charge in [-0.3, -0.25) is 0 Å². The Kier molecular flexibility index (Phi) is 3.82. The molecule has 0 aliphatic carbocycles. The third-order valence-electron chi connectivity index (χ3n) is 3.67. The fraction of sp³-hybridized carbons (Fsp3) is 0.278. The van der Waals surface area contributed by atoms with E-state index in [1.807, 2.05) is 0 Å². The number of aryl methyl sites for hydroxylation is 1. The Balaban J connectivity index is 2.01. The van der Waals surface area contributed by atoms with Gasteiger partial charge in [0.2, 0.25) is 0 Å². The van der Waals surface area contributed by atoms with Gasteiger partial charge in [-0.2, -0.15) is 0 Å². The highest BCUT2D eigenvalue weighted by molar-refractivity contribution is 5.76. The summed E-state index contributed by atoms with van der Waals surface area (Å²) in [6.07, 6.45) is 3.45. The summed E-state index contributed by atoms with van der Waals surface area (Å²) in [7, 11) is 0. The van der Waals surface area contributed by atoms with E-state index in [0.717, 1.165) is 18.5 Å². The highest BCUT2D eigenvalue weighted by Crippen LogP contribution is 2.19. The van der Waals surface area contributed by atoms with Crippen LogP contribution < -0.4 is 0 Å². The minimum atomic E-state index is 0.903. The minimum absolute atomic E-state index is 0.903. The van der Waals surface area contributed by atoms with Crippen molar-refractivity contribution in [1.29, 1.82) is 0 Å². The van der Waals surface area contributed by atoms with Crippen molar-refractivity contribution in [2.45, 2.75) is 32.7 Å². The van der Waals surface area contributed by atoms with Gasteiger partial charge in [0, 0.05) is 13.0 Å². The Bertz CT molecular complexity index is 683. The molecule has 0 N–H and O–H groups in total. The molecule has 1 aromatic heterocycles. The van der Waals surface area contributed by atoms with Gasteiger partial charge in [0.05, 0.1) is 11.0 Å². The van der Waals surface area contributed by atoms with Crippen LogP contribution in [-0.2, 0) is 13.0 Å². The SMILES string of the molecule is CCCCc1nc2ccccc2n1Cc1ccccc1. The smallest absolute Gasteiger partial charge is 0.110 e. The topological polar surface area (TPSA) is 17.8 Å². The maximum absolute atomic E-state index is 4.81. The van der Waals surface area contributed by atoms with Gasteiger partial charge in [0.1, 0.15) is 5.82 Å². The zero-order valence-electron chi connectivity index (χ0n) is 11.9. The number of aromatic nitrogens is 2. The summed E-state index contributed by atoms with van der Waals surface area (Å²) >= 11 is 0. The molecule has 0 atom stereocenters. The predicted molar refractivity (Wildman–Crippen MR) is 83.9 cm³/mol. The Hall–Kier alpha value is -2.09. The molecule has 0 aliphatic rings. The number of hydrogen-bond acceptors (Lipinski definition) is 1. The zero-order valence-corrected chi connectivity index (χ0v) is 11.9. The first kappa shape index (κ1) is 12.9. The number of nitrogens with zero attached hydrogens (tertiary/aromatic N) is 2. The summed E-state index contributed by atoms with van der Waals surface area (Å²) in [4.78, 5) is 4.81. The van der Waals surface area contributed by atoms with Crippen molar-refractivity contribution >= 4 is 11.0 Å². The minimum Gasteiger partial charge on any atom is -0.323 e. The number of imidazole rings is 1. The second kappa shape index (κ2) is 5.91. The molecule has 1 heterocycles. The third-order valence-corrected chi connectivity index (χ3v) is 3.67. The average molecular weight is 264 g/mol. The van der Waals surface area contributed by atoms with Crippen LogP contribution in [0, 0.1) is 0 Å². The first-order valence-corrected chi connectivity index (χ1v) is 7.36. The Morgan fingerprint density at radius 1 is 0.950 bits per heavy atom. The van der Waals surface area contributed by atoms with E-state index in [4.69, 9.17) is 4.98 Å². The van der Waals surface area contributed by atoms with Crippen molar-refractivity contribution in [3.05, 3.63) is 66.0 Å². The lowest BCUT2D eigenvalue weighted by atomic mass is 10.2. The maximum atomic E-state index is 4.81. The standard InChI is InChI=1S/C18H20N2/c1-2-3-13-18-19-16-11-7-8-12-17(16)20(18)14-15-9-5-4-6-10-15/h4-12H,2-3,13-14H2,1H3. The van der Waals surface area contributed by atoms with Crippen molar-refractivity contribution in [3.8, 4) is 0 Å². The highest BCUT2D eigenvalue weighted by atomic mass is 15.1. The zero-order chi connectivity index (χ0) is 13.8. The number of fused-ring (bicyclic) bond motifs is 1. The Morgan fingerprint density at radius 2 is 1.70 bits per heavy atom. The van der Waals surface area contributed by atoms with Crippen LogP contribution >= 0.6 is 0 Å². The monoisotopic (exact) mass is 264 g/mol. The van der Waals surface area contributed by atoms with Crippen LogP contribution in [0.3, 0.4) is 0 Å². The lowest BCUT2D eigenvalue weighted by Gasteiger charge is -2.09. The van der Waals surface area contributed by atoms with Crippen LogP contribution in [0.1, 0.15) is 31.2 Å². The van der Waals surface area contributed by atoms with E-state index in [1.165, 1.54) is 29.7 Å². The quantitative estimate of drug-likeness (QED) is 0.666. The molecule has 0 spiro atoms. The molecule has 0 saturated heterocycles. The van der Waals surface area contributed by atoms with Gasteiger partial charge in [0.25, 0.3) is 0 Å². The van der Waals surface area contributed by atoms with E-state index in [2.05, 4.69) is 66.1 Å². The molecule has 0 saturated carbocycles. The van der Waals surface area contributed by atoms with Crippen molar-refractivity contribution in [3.63, 3.8) is 0 Å². The van der Waals surface area contributed by atoms with Gasteiger partial charge in [0.15, 0.2) is 0 Å². The van der Waals surface area contributed by atoms with Gasteiger partial charge >= 0.3 is 0 Å². The highest BCUT2D eigenvalue weighted by Gasteiger charge is 2.10. The molecule has 2 aromatic carbocycles. The first-order chi connectivity index (χ1) is 9.88. The van der Waals surface area contributed by atoms with E-state index in [9.17, 15) is 0 Å². The van der Waals surface area contributed by atoms with Crippen LogP contribution in [0.5, 0.6) is 0 Å². The van der Waals surface area contributed by atoms with Crippen LogP contribution in [0.15, 0.2) is 54.6 Å². The van der Waals surface area contributed by atoms with Gasteiger partial charge in [-0.1, -0.05) is 55.8 Å². The fourth-order valence-corrected chi connectivity index (χ4v) is 2.59. The molecule has 2 nitrogen and oxygen atoms in total. The third kappa shape index (κ3) is 2.60. The van der Waals surface area contributed by atoms with Crippen LogP contribution in [0.2, 0.25) is 0 Å². The van der Waals surface area contributed by atoms with Crippen LogP contribution in [0.4, 0.5) is 0 Å². The summed E-state index contributed by atoms with van der Waals surface area (Å²) in [5, 5.41) is 0. The van der Waals surface area contributed by atoms with E-state index >= 15 is 0 Å². The normalized spacial score (nSPS) is 11.1. The van der Waals surface area contributed by atoms with Crippen LogP contribution in [0.25, 0.3) is 11.0 Å². The Labute approximate surface area is 120 Å². The van der Waals surface area contributed by atoms with E-state index in [-0.39, 0.29) is 0 Å². The number of benzene rings is 2. The molecule has 0 unspecified atom stereocenters. The fourth-order valence-electron chi connectivity index (χ4n) is 2.59. The van der Waals surface area contributed by atoms with Gasteiger partial charge in [-0.05, 0) is 24.1 Å². The molecule has 2 heteroatoms. The molecule has 102 valence electrons. The second-order valence-corrected chi connectivity index (χ2v) is 5.19. The summed E-state index contributed by atoms with van der Waals surface area (Å²) in [6, 6.07) is 19.0. The summed E-state index contributed by atoms with van der Waals surface area (Å²) in [6.45, 7) is 3.13. The van der Waals surface area contributed by atoms with Crippen molar-refractivity contribution in [2.75, 3.05) is 0 Å². The lowest BCUT2D eigenvalue weighted by Crippen LogP contribution is -2.05. The maximum Gasteiger partial charge on any atom is 0.110 e. The molecule has 3 aromatic rings. The summed E-state index contributed by atoms with van der Waals surface area (Å²) in [5.41, 5.74) is 3.67. The summed E-state index contributed by atoms with van der Waals surface area (Å²) in [5.74, 6) is 1.21. The molecule has 0 fully saturated rings. The molecule has 0 radical (unpaired) electrons. The van der Waals surface area contributed by atoms with Gasteiger partial charge < -0.3 is 4.57 Å².